The van der Waals surface area contributed by atoms with Crippen molar-refractivity contribution in [2.24, 2.45) is 0 Å². The summed E-state index contributed by atoms with van der Waals surface area (Å²) in [5.74, 6) is 0.122. The van der Waals surface area contributed by atoms with Crippen LogP contribution in [0.2, 0.25) is 0 Å². The summed E-state index contributed by atoms with van der Waals surface area (Å²) in [6, 6.07) is 6.35. The number of anilines is 2. The molecule has 1 fully saturated rings. The van der Waals surface area contributed by atoms with E-state index in [2.05, 4.69) is 28.4 Å². The second kappa shape index (κ2) is 4.37. The number of ether oxygens (including phenoxy) is 1. The Morgan fingerprint density at radius 3 is 2.82 bits per heavy atom. The van der Waals surface area contributed by atoms with Gasteiger partial charge in [-0.1, -0.05) is 6.07 Å². The number of amides is 1. The molecule has 1 aromatic carbocycles. The molecule has 0 spiro atoms. The Labute approximate surface area is 101 Å². The molecule has 90 valence electrons. The Morgan fingerprint density at radius 1 is 1.18 bits per heavy atom. The van der Waals surface area contributed by atoms with E-state index in [1.807, 2.05) is 0 Å². The van der Waals surface area contributed by atoms with Crippen LogP contribution in [0.1, 0.15) is 12.0 Å². The number of morpholine rings is 1. The third kappa shape index (κ3) is 2.13. The summed E-state index contributed by atoms with van der Waals surface area (Å²) in [6.45, 7) is 3.41. The van der Waals surface area contributed by atoms with Crippen LogP contribution in [0.4, 0.5) is 11.4 Å². The summed E-state index contributed by atoms with van der Waals surface area (Å²) in [5, 5.41) is 2.94. The molecule has 1 N–H and O–H groups in total. The fourth-order valence-corrected chi connectivity index (χ4v) is 2.38. The van der Waals surface area contributed by atoms with Crippen LogP contribution < -0.4 is 10.2 Å². The molecule has 4 heteroatoms. The topological polar surface area (TPSA) is 41.6 Å². The number of fused-ring (bicyclic) bond motifs is 1. The molecule has 4 nitrogen and oxygen atoms in total. The van der Waals surface area contributed by atoms with E-state index in [4.69, 9.17) is 4.74 Å². The van der Waals surface area contributed by atoms with Crippen LogP contribution in [0.5, 0.6) is 0 Å². The van der Waals surface area contributed by atoms with Gasteiger partial charge in [-0.05, 0) is 24.1 Å². The number of carbonyl (C=O) groups excluding carboxylic acids is 1. The van der Waals surface area contributed by atoms with Crippen LogP contribution in [0.25, 0.3) is 0 Å². The van der Waals surface area contributed by atoms with Gasteiger partial charge >= 0.3 is 0 Å². The monoisotopic (exact) mass is 232 g/mol. The lowest BCUT2D eigenvalue weighted by Crippen LogP contribution is -2.36. The molecule has 1 aromatic rings. The van der Waals surface area contributed by atoms with E-state index in [0.29, 0.717) is 6.42 Å². The van der Waals surface area contributed by atoms with Crippen LogP contribution >= 0.6 is 0 Å². The van der Waals surface area contributed by atoms with E-state index in [1.165, 1.54) is 11.3 Å². The molecule has 2 aliphatic rings. The van der Waals surface area contributed by atoms with Crippen molar-refractivity contribution in [3.63, 3.8) is 0 Å². The van der Waals surface area contributed by atoms with Crippen molar-refractivity contribution in [3.05, 3.63) is 23.8 Å². The molecule has 17 heavy (non-hydrogen) atoms. The first kappa shape index (κ1) is 10.6. The van der Waals surface area contributed by atoms with Crippen molar-refractivity contribution < 1.29 is 9.53 Å². The fourth-order valence-electron chi connectivity index (χ4n) is 2.38. The van der Waals surface area contributed by atoms with Gasteiger partial charge in [-0.3, -0.25) is 4.79 Å². The minimum atomic E-state index is 0.122. The van der Waals surface area contributed by atoms with E-state index in [-0.39, 0.29) is 5.91 Å². The van der Waals surface area contributed by atoms with Gasteiger partial charge in [0.25, 0.3) is 0 Å². The van der Waals surface area contributed by atoms with E-state index >= 15 is 0 Å². The van der Waals surface area contributed by atoms with E-state index < -0.39 is 0 Å². The lowest BCUT2D eigenvalue weighted by molar-refractivity contribution is -0.116. The summed E-state index contributed by atoms with van der Waals surface area (Å²) in [6.07, 6.45) is 1.45. The smallest absolute Gasteiger partial charge is 0.224 e. The number of carbonyl (C=O) groups is 1. The van der Waals surface area contributed by atoms with Gasteiger partial charge in [0.05, 0.1) is 13.2 Å². The molecular weight excluding hydrogens is 216 g/mol. The standard InChI is InChI=1S/C13H16N2O2/c16-13-4-2-10-1-3-11(9-12(10)14-13)15-5-7-17-8-6-15/h1,3,9H,2,4-8H2,(H,14,16). The second-order valence-electron chi connectivity index (χ2n) is 4.49. The maximum atomic E-state index is 11.4. The number of rotatable bonds is 1. The molecule has 1 saturated heterocycles. The molecule has 3 rings (SSSR count). The SMILES string of the molecule is O=C1CCc2ccc(N3CCOCC3)cc2N1. The normalized spacial score (nSPS) is 19.8. The van der Waals surface area contributed by atoms with Crippen LogP contribution in [0.3, 0.4) is 0 Å². The van der Waals surface area contributed by atoms with Crippen molar-refractivity contribution in [3.8, 4) is 0 Å². The zero-order chi connectivity index (χ0) is 11.7. The van der Waals surface area contributed by atoms with E-state index in [1.54, 1.807) is 0 Å². The highest BCUT2D eigenvalue weighted by Crippen LogP contribution is 2.28. The number of benzene rings is 1. The zero-order valence-electron chi connectivity index (χ0n) is 9.74. The molecular formula is C13H16N2O2. The van der Waals surface area contributed by atoms with Crippen molar-refractivity contribution in [1.29, 1.82) is 0 Å². The molecule has 0 aliphatic carbocycles. The highest BCUT2D eigenvalue weighted by molar-refractivity contribution is 5.94. The first-order valence-electron chi connectivity index (χ1n) is 6.08. The Balaban J connectivity index is 1.86. The average Bonchev–Trinajstić information content (AvgIpc) is 2.39. The lowest BCUT2D eigenvalue weighted by Gasteiger charge is -2.30. The van der Waals surface area contributed by atoms with Crippen molar-refractivity contribution >= 4 is 17.3 Å². The predicted octanol–water partition coefficient (Wildman–Crippen LogP) is 1.41. The molecule has 0 bridgehead atoms. The molecule has 0 aromatic heterocycles. The number of hydrogen-bond acceptors (Lipinski definition) is 3. The Bertz CT molecular complexity index is 439. The number of aryl methyl sites for hydroxylation is 1. The number of nitrogens with one attached hydrogen (secondary N) is 1. The number of nitrogens with zero attached hydrogens (tertiary/aromatic N) is 1. The first-order valence-corrected chi connectivity index (χ1v) is 6.08. The number of hydrogen-bond donors (Lipinski definition) is 1. The molecule has 1 amide bonds. The molecule has 2 aliphatic heterocycles. The van der Waals surface area contributed by atoms with Gasteiger partial charge in [-0.25, -0.2) is 0 Å². The average molecular weight is 232 g/mol. The maximum Gasteiger partial charge on any atom is 0.224 e. The van der Waals surface area contributed by atoms with E-state index in [9.17, 15) is 4.79 Å². The van der Waals surface area contributed by atoms with Gasteiger partial charge in [0, 0.05) is 30.9 Å². The minimum absolute atomic E-state index is 0.122. The summed E-state index contributed by atoms with van der Waals surface area (Å²) in [5.41, 5.74) is 3.39. The summed E-state index contributed by atoms with van der Waals surface area (Å²) >= 11 is 0. The van der Waals surface area contributed by atoms with Crippen molar-refractivity contribution in [2.75, 3.05) is 36.5 Å². The van der Waals surface area contributed by atoms with Crippen LogP contribution in [-0.4, -0.2) is 32.2 Å². The van der Waals surface area contributed by atoms with Gasteiger partial charge in [0.1, 0.15) is 0 Å². The van der Waals surface area contributed by atoms with Crippen LogP contribution in [-0.2, 0) is 16.0 Å². The van der Waals surface area contributed by atoms with Gasteiger partial charge in [0.15, 0.2) is 0 Å². The molecule has 0 atom stereocenters. The van der Waals surface area contributed by atoms with Gasteiger partial charge < -0.3 is 15.0 Å². The highest BCUT2D eigenvalue weighted by Gasteiger charge is 2.17. The largest absolute Gasteiger partial charge is 0.378 e. The lowest BCUT2D eigenvalue weighted by atomic mass is 10.0. The second-order valence-corrected chi connectivity index (χ2v) is 4.49. The molecule has 0 radical (unpaired) electrons. The maximum absolute atomic E-state index is 11.4. The minimum Gasteiger partial charge on any atom is -0.378 e. The summed E-state index contributed by atoms with van der Waals surface area (Å²) in [7, 11) is 0. The van der Waals surface area contributed by atoms with Crippen molar-refractivity contribution in [2.45, 2.75) is 12.8 Å². The van der Waals surface area contributed by atoms with Gasteiger partial charge in [0.2, 0.25) is 5.91 Å². The molecule has 0 saturated carbocycles. The quantitative estimate of drug-likeness (QED) is 0.796. The van der Waals surface area contributed by atoms with E-state index in [0.717, 1.165) is 38.4 Å². The Kier molecular flexibility index (Phi) is 2.73. The van der Waals surface area contributed by atoms with Gasteiger partial charge in [-0.2, -0.15) is 0 Å². The first-order chi connectivity index (χ1) is 8.33. The molecule has 0 unspecified atom stereocenters. The Morgan fingerprint density at radius 2 is 2.00 bits per heavy atom. The summed E-state index contributed by atoms with van der Waals surface area (Å²) < 4.78 is 5.34. The Hall–Kier alpha value is -1.55. The van der Waals surface area contributed by atoms with Crippen molar-refractivity contribution in [1.82, 2.24) is 0 Å². The highest BCUT2D eigenvalue weighted by atomic mass is 16.5. The third-order valence-electron chi connectivity index (χ3n) is 3.37. The third-order valence-corrected chi connectivity index (χ3v) is 3.37. The van der Waals surface area contributed by atoms with Gasteiger partial charge in [-0.15, -0.1) is 0 Å². The predicted molar refractivity (Wildman–Crippen MR) is 66.4 cm³/mol. The fraction of sp³-hybridized carbons (Fsp3) is 0.462. The summed E-state index contributed by atoms with van der Waals surface area (Å²) in [4.78, 5) is 13.7. The zero-order valence-corrected chi connectivity index (χ0v) is 9.74. The van der Waals surface area contributed by atoms with Crippen LogP contribution in [0.15, 0.2) is 18.2 Å². The van der Waals surface area contributed by atoms with Crippen LogP contribution in [0, 0.1) is 0 Å². The molecule has 2 heterocycles.